The normalized spacial score (nSPS) is 12.5. The van der Waals surface area contributed by atoms with Crippen molar-refractivity contribution in [2.45, 2.75) is 32.9 Å². The van der Waals surface area contributed by atoms with E-state index in [9.17, 15) is 4.79 Å². The minimum atomic E-state index is -0.187. The molecule has 1 aromatic heterocycles. The van der Waals surface area contributed by atoms with Gasteiger partial charge >= 0.3 is 0 Å². The van der Waals surface area contributed by atoms with Gasteiger partial charge in [0.25, 0.3) is 5.91 Å². The second-order valence-electron chi connectivity index (χ2n) is 3.44. The van der Waals surface area contributed by atoms with Gasteiger partial charge in [0.05, 0.1) is 12.7 Å². The fourth-order valence-electron chi connectivity index (χ4n) is 1.04. The zero-order valence-electron chi connectivity index (χ0n) is 9.10. The molecule has 1 heterocycles. The van der Waals surface area contributed by atoms with Crippen LogP contribution in [0.4, 0.5) is 0 Å². The summed E-state index contributed by atoms with van der Waals surface area (Å²) in [7, 11) is 0. The van der Waals surface area contributed by atoms with Crippen molar-refractivity contribution in [2.75, 3.05) is 6.54 Å². The first-order chi connectivity index (χ1) is 7.17. The number of hydrogen-bond donors (Lipinski definition) is 2. The summed E-state index contributed by atoms with van der Waals surface area (Å²) in [6, 6.07) is 0.150. The molecule has 6 heteroatoms. The molecular weight excluding hydrogens is 194 g/mol. The summed E-state index contributed by atoms with van der Waals surface area (Å²) >= 11 is 0. The van der Waals surface area contributed by atoms with Crippen LogP contribution in [0.1, 0.15) is 30.8 Å². The van der Waals surface area contributed by atoms with Crippen LogP contribution in [-0.2, 0) is 6.54 Å². The van der Waals surface area contributed by atoms with Gasteiger partial charge in [0.1, 0.15) is 0 Å². The Bertz CT molecular complexity index is 322. The molecule has 0 spiro atoms. The maximum absolute atomic E-state index is 11.6. The van der Waals surface area contributed by atoms with Crippen LogP contribution in [0.25, 0.3) is 0 Å². The van der Waals surface area contributed by atoms with E-state index < -0.39 is 0 Å². The third-order valence-electron chi connectivity index (χ3n) is 2.12. The smallest absolute Gasteiger partial charge is 0.273 e. The van der Waals surface area contributed by atoms with Gasteiger partial charge in [0.2, 0.25) is 0 Å². The number of nitrogens with two attached hydrogens (primary N) is 1. The molecule has 0 aliphatic carbocycles. The largest absolute Gasteiger partial charge is 0.348 e. The molecule has 1 unspecified atom stereocenters. The molecule has 0 fully saturated rings. The van der Waals surface area contributed by atoms with E-state index in [2.05, 4.69) is 15.6 Å². The van der Waals surface area contributed by atoms with E-state index in [1.54, 1.807) is 10.9 Å². The van der Waals surface area contributed by atoms with Gasteiger partial charge in [-0.3, -0.25) is 9.48 Å². The Labute approximate surface area is 88.8 Å². The average molecular weight is 211 g/mol. The Morgan fingerprint density at radius 1 is 1.73 bits per heavy atom. The predicted molar refractivity (Wildman–Crippen MR) is 56.3 cm³/mol. The monoisotopic (exact) mass is 211 g/mol. The highest BCUT2D eigenvalue weighted by atomic mass is 16.2. The average Bonchev–Trinajstić information content (AvgIpc) is 2.67. The van der Waals surface area contributed by atoms with E-state index in [1.807, 2.05) is 13.8 Å². The lowest BCUT2D eigenvalue weighted by atomic mass is 10.2. The van der Waals surface area contributed by atoms with Crippen LogP contribution in [0, 0.1) is 0 Å². The molecule has 1 rings (SSSR count). The first kappa shape index (κ1) is 11.6. The molecule has 1 atom stereocenters. The van der Waals surface area contributed by atoms with Crippen molar-refractivity contribution in [1.82, 2.24) is 20.3 Å². The van der Waals surface area contributed by atoms with Crippen molar-refractivity contribution in [2.24, 2.45) is 5.73 Å². The van der Waals surface area contributed by atoms with Crippen LogP contribution < -0.4 is 11.1 Å². The Morgan fingerprint density at radius 2 is 2.47 bits per heavy atom. The van der Waals surface area contributed by atoms with Gasteiger partial charge < -0.3 is 11.1 Å². The maximum Gasteiger partial charge on any atom is 0.273 e. The van der Waals surface area contributed by atoms with Gasteiger partial charge in [0, 0.05) is 12.6 Å². The number of carbonyl (C=O) groups excluding carboxylic acids is 1. The van der Waals surface area contributed by atoms with Crippen molar-refractivity contribution in [3.63, 3.8) is 0 Å². The minimum Gasteiger partial charge on any atom is -0.348 e. The van der Waals surface area contributed by atoms with Crippen LogP contribution in [0.3, 0.4) is 0 Å². The number of aromatic nitrogens is 3. The zero-order chi connectivity index (χ0) is 11.3. The number of nitrogens with zero attached hydrogens (tertiary/aromatic N) is 3. The van der Waals surface area contributed by atoms with Crippen molar-refractivity contribution in [3.8, 4) is 0 Å². The first-order valence-electron chi connectivity index (χ1n) is 5.08. The molecule has 0 aliphatic rings. The van der Waals surface area contributed by atoms with E-state index in [0.29, 0.717) is 18.8 Å². The minimum absolute atomic E-state index is 0.150. The van der Waals surface area contributed by atoms with Crippen LogP contribution in [0.2, 0.25) is 0 Å². The summed E-state index contributed by atoms with van der Waals surface area (Å²) in [4.78, 5) is 11.6. The Kier molecular flexibility index (Phi) is 4.23. The number of nitrogens with one attached hydrogen (secondary N) is 1. The summed E-state index contributed by atoms with van der Waals surface area (Å²) in [6.45, 7) is 5.01. The molecule has 0 saturated heterocycles. The number of carbonyl (C=O) groups is 1. The summed E-state index contributed by atoms with van der Waals surface area (Å²) in [5, 5.41) is 10.4. The molecular formula is C9H17N5O. The van der Waals surface area contributed by atoms with E-state index in [-0.39, 0.29) is 11.9 Å². The lowest BCUT2D eigenvalue weighted by Gasteiger charge is -2.08. The fraction of sp³-hybridized carbons (Fsp3) is 0.667. The molecule has 6 nitrogen and oxygen atoms in total. The standard InChI is InChI=1S/C9H17N5O/c1-3-7(2)11-9(15)8-6-14(5-4-10)13-12-8/h6-7H,3-5,10H2,1-2H3,(H,11,15). The van der Waals surface area contributed by atoms with Crippen LogP contribution in [0.15, 0.2) is 6.20 Å². The number of amides is 1. The Hall–Kier alpha value is -1.43. The third kappa shape index (κ3) is 3.32. The van der Waals surface area contributed by atoms with Gasteiger partial charge in [0.15, 0.2) is 5.69 Å². The van der Waals surface area contributed by atoms with Crippen molar-refractivity contribution in [3.05, 3.63) is 11.9 Å². The number of hydrogen-bond acceptors (Lipinski definition) is 4. The van der Waals surface area contributed by atoms with E-state index in [4.69, 9.17) is 5.73 Å². The second-order valence-corrected chi connectivity index (χ2v) is 3.44. The molecule has 0 bridgehead atoms. The van der Waals surface area contributed by atoms with E-state index in [1.165, 1.54) is 0 Å². The van der Waals surface area contributed by atoms with Crippen LogP contribution in [0.5, 0.6) is 0 Å². The molecule has 84 valence electrons. The molecule has 15 heavy (non-hydrogen) atoms. The van der Waals surface area contributed by atoms with Gasteiger partial charge in [-0.1, -0.05) is 12.1 Å². The van der Waals surface area contributed by atoms with Gasteiger partial charge in [-0.15, -0.1) is 5.10 Å². The SMILES string of the molecule is CCC(C)NC(=O)c1cn(CCN)nn1. The van der Waals surface area contributed by atoms with Gasteiger partial charge in [-0.05, 0) is 13.3 Å². The van der Waals surface area contributed by atoms with Crippen molar-refractivity contribution >= 4 is 5.91 Å². The molecule has 0 aliphatic heterocycles. The highest BCUT2D eigenvalue weighted by Gasteiger charge is 2.12. The Morgan fingerprint density at radius 3 is 3.07 bits per heavy atom. The number of rotatable bonds is 5. The highest BCUT2D eigenvalue weighted by Crippen LogP contribution is 1.95. The Balaban J connectivity index is 2.58. The zero-order valence-corrected chi connectivity index (χ0v) is 9.10. The highest BCUT2D eigenvalue weighted by molar-refractivity contribution is 5.91. The van der Waals surface area contributed by atoms with E-state index in [0.717, 1.165) is 6.42 Å². The van der Waals surface area contributed by atoms with Gasteiger partial charge in [-0.2, -0.15) is 0 Å². The lowest BCUT2D eigenvalue weighted by molar-refractivity contribution is 0.0934. The predicted octanol–water partition coefficient (Wildman–Crippen LogP) is -0.235. The second kappa shape index (κ2) is 5.45. The molecule has 0 radical (unpaired) electrons. The molecule has 0 aromatic carbocycles. The molecule has 3 N–H and O–H groups in total. The van der Waals surface area contributed by atoms with E-state index >= 15 is 0 Å². The van der Waals surface area contributed by atoms with Crippen LogP contribution in [-0.4, -0.2) is 33.5 Å². The quantitative estimate of drug-likeness (QED) is 0.704. The molecule has 1 amide bonds. The topological polar surface area (TPSA) is 85.8 Å². The van der Waals surface area contributed by atoms with Crippen molar-refractivity contribution < 1.29 is 4.79 Å². The van der Waals surface area contributed by atoms with Gasteiger partial charge in [-0.25, -0.2) is 0 Å². The maximum atomic E-state index is 11.6. The summed E-state index contributed by atoms with van der Waals surface area (Å²) in [6.07, 6.45) is 2.49. The molecule has 0 saturated carbocycles. The third-order valence-corrected chi connectivity index (χ3v) is 2.12. The lowest BCUT2D eigenvalue weighted by Crippen LogP contribution is -2.32. The summed E-state index contributed by atoms with van der Waals surface area (Å²) in [5.74, 6) is -0.187. The van der Waals surface area contributed by atoms with Crippen LogP contribution >= 0.6 is 0 Å². The molecule has 1 aromatic rings. The van der Waals surface area contributed by atoms with Crippen molar-refractivity contribution in [1.29, 1.82) is 0 Å². The first-order valence-corrected chi connectivity index (χ1v) is 5.08. The summed E-state index contributed by atoms with van der Waals surface area (Å²) < 4.78 is 1.56. The summed E-state index contributed by atoms with van der Waals surface area (Å²) in [5.41, 5.74) is 5.70. The fourth-order valence-corrected chi connectivity index (χ4v) is 1.04.